The van der Waals surface area contributed by atoms with E-state index in [0.717, 1.165) is 11.4 Å². The van der Waals surface area contributed by atoms with E-state index in [0.29, 0.717) is 20.7 Å². The quantitative estimate of drug-likeness (QED) is 0.606. The molecule has 0 aliphatic carbocycles. The van der Waals surface area contributed by atoms with Crippen molar-refractivity contribution < 1.29 is 4.79 Å². The predicted molar refractivity (Wildman–Crippen MR) is 83.5 cm³/mol. The molecule has 2 aromatic carbocycles. The SMILES string of the molecule is O=C(Nc1cccc2c1N=[Se]=N2)c1cc(Cl)ccc1Br. The molecule has 7 heteroatoms. The van der Waals surface area contributed by atoms with Gasteiger partial charge in [-0.1, -0.05) is 0 Å². The van der Waals surface area contributed by atoms with Crippen molar-refractivity contribution in [2.45, 2.75) is 0 Å². The van der Waals surface area contributed by atoms with Gasteiger partial charge in [-0.05, 0) is 0 Å². The molecule has 0 aromatic heterocycles. The van der Waals surface area contributed by atoms with Crippen molar-refractivity contribution in [3.05, 3.63) is 51.5 Å². The summed E-state index contributed by atoms with van der Waals surface area (Å²) in [6.45, 7) is 0. The van der Waals surface area contributed by atoms with Crippen LogP contribution in [0.4, 0.5) is 17.1 Å². The van der Waals surface area contributed by atoms with Gasteiger partial charge >= 0.3 is 135 Å². The Bertz CT molecular complexity index is 787. The van der Waals surface area contributed by atoms with Crippen molar-refractivity contribution in [3.63, 3.8) is 0 Å². The molecule has 1 heterocycles. The second-order valence-electron chi connectivity index (χ2n) is 4.02. The van der Waals surface area contributed by atoms with Crippen LogP contribution in [0.3, 0.4) is 0 Å². The normalized spacial score (nSPS) is 11.9. The van der Waals surface area contributed by atoms with Gasteiger partial charge in [0.15, 0.2) is 0 Å². The van der Waals surface area contributed by atoms with Crippen molar-refractivity contribution in [3.8, 4) is 0 Å². The fourth-order valence-electron chi connectivity index (χ4n) is 1.77. The molecule has 0 bridgehead atoms. The van der Waals surface area contributed by atoms with Gasteiger partial charge in [-0.15, -0.1) is 0 Å². The maximum absolute atomic E-state index is 12.3. The van der Waals surface area contributed by atoms with E-state index < -0.39 is 0 Å². The molecule has 0 saturated heterocycles. The number of carbonyl (C=O) groups excluding carboxylic acids is 1. The third-order valence-electron chi connectivity index (χ3n) is 2.71. The molecule has 2 aromatic rings. The first-order valence-electron chi connectivity index (χ1n) is 5.63. The summed E-state index contributed by atoms with van der Waals surface area (Å²) < 4.78 is 9.31. The van der Waals surface area contributed by atoms with Gasteiger partial charge in [0.2, 0.25) is 0 Å². The van der Waals surface area contributed by atoms with E-state index in [1.807, 2.05) is 18.2 Å². The third-order valence-corrected chi connectivity index (χ3v) is 4.77. The van der Waals surface area contributed by atoms with Crippen molar-refractivity contribution in [1.29, 1.82) is 0 Å². The summed E-state index contributed by atoms with van der Waals surface area (Å²) in [6.07, 6.45) is 0. The number of fused-ring (bicyclic) bond motifs is 1. The Morgan fingerprint density at radius 3 is 2.95 bits per heavy atom. The number of hydrogen-bond acceptors (Lipinski definition) is 3. The zero-order valence-corrected chi connectivity index (χ0v) is 14.0. The van der Waals surface area contributed by atoms with Crippen LogP contribution in [-0.2, 0) is 0 Å². The van der Waals surface area contributed by atoms with E-state index in [1.165, 1.54) is 0 Å². The van der Waals surface area contributed by atoms with Gasteiger partial charge in [0.1, 0.15) is 0 Å². The summed E-state index contributed by atoms with van der Waals surface area (Å²) in [5, 5.41) is 3.37. The molecule has 0 unspecified atom stereocenters. The second-order valence-corrected chi connectivity index (χ2v) is 6.42. The van der Waals surface area contributed by atoms with Crippen molar-refractivity contribution in [1.82, 2.24) is 0 Å². The van der Waals surface area contributed by atoms with Gasteiger partial charge in [0, 0.05) is 0 Å². The fourth-order valence-corrected chi connectivity index (χ4v) is 3.52. The Hall–Kier alpha value is -1.20. The van der Waals surface area contributed by atoms with E-state index in [-0.39, 0.29) is 20.5 Å². The Labute approximate surface area is 134 Å². The molecule has 3 rings (SSSR count). The average Bonchev–Trinajstić information content (AvgIpc) is 2.91. The fraction of sp³-hybridized carbons (Fsp3) is 0. The van der Waals surface area contributed by atoms with Crippen LogP contribution in [0.25, 0.3) is 0 Å². The molecule has 1 aliphatic rings. The second kappa shape index (κ2) is 5.66. The average molecular weight is 416 g/mol. The Morgan fingerprint density at radius 1 is 1.25 bits per heavy atom. The van der Waals surface area contributed by atoms with E-state index >= 15 is 0 Å². The third kappa shape index (κ3) is 2.65. The van der Waals surface area contributed by atoms with Gasteiger partial charge in [-0.25, -0.2) is 0 Å². The zero-order chi connectivity index (χ0) is 14.1. The van der Waals surface area contributed by atoms with E-state index in [9.17, 15) is 4.79 Å². The summed E-state index contributed by atoms with van der Waals surface area (Å²) in [5.41, 5.74) is 2.73. The summed E-state index contributed by atoms with van der Waals surface area (Å²) in [7, 11) is 0. The first kappa shape index (κ1) is 13.8. The number of benzene rings is 2. The number of nitrogens with zero attached hydrogens (tertiary/aromatic N) is 2. The molecule has 0 fully saturated rings. The minimum atomic E-state index is -0.234. The number of anilines is 1. The molecule has 4 nitrogen and oxygen atoms in total. The van der Waals surface area contributed by atoms with Gasteiger partial charge in [0.05, 0.1) is 0 Å². The van der Waals surface area contributed by atoms with Gasteiger partial charge < -0.3 is 0 Å². The number of amides is 1. The summed E-state index contributed by atoms with van der Waals surface area (Å²) in [5.74, 6) is -0.234. The van der Waals surface area contributed by atoms with E-state index in [2.05, 4.69) is 29.2 Å². The molecular formula is C13H7BrClN3OSe. The standard InChI is InChI=1S/C13H7BrClN3OSe/c14-9-5-4-7(15)6-8(9)13(19)16-10-2-1-3-11-12(10)18-20-17-11/h1-6H,(H,16,19). The number of halogens is 2. The molecule has 0 atom stereocenters. The van der Waals surface area contributed by atoms with Crippen LogP contribution in [0.5, 0.6) is 0 Å². The number of rotatable bonds is 2. The predicted octanol–water partition coefficient (Wildman–Crippen LogP) is 4.70. The summed E-state index contributed by atoms with van der Waals surface area (Å²) in [4.78, 5) is 12.3. The van der Waals surface area contributed by atoms with E-state index in [4.69, 9.17) is 11.6 Å². The molecule has 100 valence electrons. The number of carbonyl (C=O) groups is 1. The molecule has 0 saturated carbocycles. The Morgan fingerprint density at radius 2 is 2.10 bits per heavy atom. The Balaban J connectivity index is 1.93. The topological polar surface area (TPSA) is 53.8 Å². The van der Waals surface area contributed by atoms with Crippen LogP contribution in [0.2, 0.25) is 5.02 Å². The van der Waals surface area contributed by atoms with Crippen LogP contribution in [-0.4, -0.2) is 20.5 Å². The van der Waals surface area contributed by atoms with Crippen LogP contribution in [0.15, 0.2) is 48.8 Å². The first-order valence-corrected chi connectivity index (χ1v) is 8.33. The molecule has 1 amide bonds. The minimum absolute atomic E-state index is 0.125. The van der Waals surface area contributed by atoms with Gasteiger partial charge in [-0.3, -0.25) is 0 Å². The summed E-state index contributed by atoms with van der Waals surface area (Å²) >= 11 is 9.15. The molecule has 1 N–H and O–H groups in total. The van der Waals surface area contributed by atoms with Gasteiger partial charge in [-0.2, -0.15) is 0 Å². The number of nitrogens with one attached hydrogen (secondary N) is 1. The van der Waals surface area contributed by atoms with Crippen molar-refractivity contribution in [2.24, 2.45) is 7.92 Å². The maximum atomic E-state index is 12.3. The summed E-state index contributed by atoms with van der Waals surface area (Å²) in [6, 6.07) is 10.6. The van der Waals surface area contributed by atoms with Crippen molar-refractivity contribution in [2.75, 3.05) is 5.32 Å². The Kier molecular flexibility index (Phi) is 3.89. The van der Waals surface area contributed by atoms with Crippen LogP contribution in [0, 0.1) is 0 Å². The molecule has 20 heavy (non-hydrogen) atoms. The molecule has 0 spiro atoms. The monoisotopic (exact) mass is 415 g/mol. The van der Waals surface area contributed by atoms with Crippen LogP contribution < -0.4 is 5.32 Å². The zero-order valence-electron chi connectivity index (χ0n) is 9.93. The van der Waals surface area contributed by atoms with Crippen LogP contribution >= 0.6 is 27.5 Å². The van der Waals surface area contributed by atoms with E-state index in [1.54, 1.807) is 18.2 Å². The van der Waals surface area contributed by atoms with Crippen molar-refractivity contribution >= 4 is 65.1 Å². The molecule has 0 radical (unpaired) electrons. The molecule has 1 aliphatic heterocycles. The molecular weight excluding hydrogens is 408 g/mol. The number of hydrogen-bond donors (Lipinski definition) is 1. The first-order chi connectivity index (χ1) is 9.65. The van der Waals surface area contributed by atoms with Gasteiger partial charge in [0.25, 0.3) is 0 Å². The van der Waals surface area contributed by atoms with Crippen LogP contribution in [0.1, 0.15) is 10.4 Å².